The van der Waals surface area contributed by atoms with Crippen LogP contribution in [-0.4, -0.2) is 29.9 Å². The Hall–Kier alpha value is -1.35. The molecule has 2 atom stereocenters. The summed E-state index contributed by atoms with van der Waals surface area (Å²) < 4.78 is 0. The monoisotopic (exact) mass is 274 g/mol. The highest BCUT2D eigenvalue weighted by Gasteiger charge is 2.23. The summed E-state index contributed by atoms with van der Waals surface area (Å²) in [5, 5.41) is 3.42. The Morgan fingerprint density at radius 2 is 1.70 bits per heavy atom. The van der Waals surface area contributed by atoms with E-state index in [0.717, 1.165) is 25.9 Å². The molecule has 3 nitrogen and oxygen atoms in total. The molecule has 0 aliphatic carbocycles. The van der Waals surface area contributed by atoms with Crippen LogP contribution in [0.1, 0.15) is 50.3 Å². The van der Waals surface area contributed by atoms with Gasteiger partial charge < -0.3 is 4.90 Å². The van der Waals surface area contributed by atoms with Gasteiger partial charge in [-0.05, 0) is 45.6 Å². The molecule has 2 rings (SSSR count). The number of likely N-dealkylation sites (tertiary alicyclic amines) is 1. The van der Waals surface area contributed by atoms with Crippen LogP contribution >= 0.6 is 0 Å². The number of amides is 1. The minimum absolute atomic E-state index is 0.121. The van der Waals surface area contributed by atoms with E-state index in [1.165, 1.54) is 17.5 Å². The topological polar surface area (TPSA) is 32.3 Å². The quantitative estimate of drug-likeness (QED) is 0.915. The molecule has 1 aliphatic rings. The third kappa shape index (κ3) is 3.83. The number of hydrogen-bond acceptors (Lipinski definition) is 2. The number of nitrogens with one attached hydrogen (secondary N) is 1. The first-order valence-electron chi connectivity index (χ1n) is 7.69. The van der Waals surface area contributed by atoms with Crippen molar-refractivity contribution >= 4 is 5.91 Å². The summed E-state index contributed by atoms with van der Waals surface area (Å²) in [6, 6.07) is 8.56. The van der Waals surface area contributed by atoms with Crippen LogP contribution in [0.25, 0.3) is 0 Å². The number of piperidine rings is 1. The summed E-state index contributed by atoms with van der Waals surface area (Å²) in [5.74, 6) is 0.240. The van der Waals surface area contributed by atoms with Crippen LogP contribution in [0.2, 0.25) is 0 Å². The third-order valence-electron chi connectivity index (χ3n) is 4.12. The smallest absolute Gasteiger partial charge is 0.239 e. The van der Waals surface area contributed by atoms with Crippen molar-refractivity contribution < 1.29 is 4.79 Å². The van der Waals surface area contributed by atoms with Crippen molar-refractivity contribution in [3.63, 3.8) is 0 Å². The molecule has 110 valence electrons. The largest absolute Gasteiger partial charge is 0.341 e. The summed E-state index contributed by atoms with van der Waals surface area (Å²) in [4.78, 5) is 14.4. The zero-order valence-corrected chi connectivity index (χ0v) is 12.9. The summed E-state index contributed by atoms with van der Waals surface area (Å²) in [7, 11) is 0. The van der Waals surface area contributed by atoms with E-state index in [-0.39, 0.29) is 18.0 Å². The molecule has 1 heterocycles. The van der Waals surface area contributed by atoms with Crippen LogP contribution < -0.4 is 5.32 Å². The SMILES string of the molecule is Cc1ccc(C(C)NC(C)C(=O)N2CCCCC2)cc1. The Bertz CT molecular complexity index is 435. The lowest BCUT2D eigenvalue weighted by Gasteiger charge is -2.30. The van der Waals surface area contributed by atoms with Crippen molar-refractivity contribution in [2.45, 2.75) is 52.1 Å². The fourth-order valence-electron chi connectivity index (χ4n) is 2.79. The van der Waals surface area contributed by atoms with Gasteiger partial charge in [0.15, 0.2) is 0 Å². The number of carbonyl (C=O) groups excluding carboxylic acids is 1. The van der Waals surface area contributed by atoms with E-state index in [4.69, 9.17) is 0 Å². The van der Waals surface area contributed by atoms with Gasteiger partial charge in [0, 0.05) is 19.1 Å². The van der Waals surface area contributed by atoms with Gasteiger partial charge in [-0.25, -0.2) is 0 Å². The minimum atomic E-state index is -0.121. The van der Waals surface area contributed by atoms with Gasteiger partial charge >= 0.3 is 0 Å². The average Bonchev–Trinajstić information content (AvgIpc) is 2.48. The maximum absolute atomic E-state index is 12.4. The van der Waals surface area contributed by atoms with Gasteiger partial charge in [0.05, 0.1) is 6.04 Å². The molecule has 3 heteroatoms. The fourth-order valence-corrected chi connectivity index (χ4v) is 2.79. The molecule has 1 aromatic rings. The van der Waals surface area contributed by atoms with Crippen molar-refractivity contribution in [3.05, 3.63) is 35.4 Å². The number of rotatable bonds is 4. The molecule has 1 N–H and O–H groups in total. The summed E-state index contributed by atoms with van der Waals surface area (Å²) in [6.45, 7) is 8.02. The van der Waals surface area contributed by atoms with E-state index in [1.807, 2.05) is 11.8 Å². The van der Waals surface area contributed by atoms with Crippen molar-refractivity contribution in [1.82, 2.24) is 10.2 Å². The van der Waals surface area contributed by atoms with Gasteiger partial charge in [-0.15, -0.1) is 0 Å². The van der Waals surface area contributed by atoms with Crippen molar-refractivity contribution in [2.24, 2.45) is 0 Å². The first-order chi connectivity index (χ1) is 9.58. The van der Waals surface area contributed by atoms with Gasteiger partial charge in [0.2, 0.25) is 5.91 Å². The highest BCUT2D eigenvalue weighted by molar-refractivity contribution is 5.81. The Labute approximate surface area is 122 Å². The van der Waals surface area contributed by atoms with E-state index < -0.39 is 0 Å². The van der Waals surface area contributed by atoms with Gasteiger partial charge in [-0.3, -0.25) is 10.1 Å². The average molecular weight is 274 g/mol. The van der Waals surface area contributed by atoms with E-state index in [9.17, 15) is 4.79 Å². The summed E-state index contributed by atoms with van der Waals surface area (Å²) in [6.07, 6.45) is 3.54. The molecule has 0 spiro atoms. The lowest BCUT2D eigenvalue weighted by molar-refractivity contribution is -0.134. The highest BCUT2D eigenvalue weighted by Crippen LogP contribution is 2.15. The predicted molar refractivity (Wildman–Crippen MR) is 82.6 cm³/mol. The maximum atomic E-state index is 12.4. The van der Waals surface area contributed by atoms with Crippen LogP contribution in [0.5, 0.6) is 0 Å². The summed E-state index contributed by atoms with van der Waals surface area (Å²) in [5.41, 5.74) is 2.49. The van der Waals surface area contributed by atoms with E-state index >= 15 is 0 Å². The lowest BCUT2D eigenvalue weighted by Crippen LogP contribution is -2.47. The molecule has 0 saturated carbocycles. The van der Waals surface area contributed by atoms with Crippen molar-refractivity contribution in [2.75, 3.05) is 13.1 Å². The number of hydrogen-bond donors (Lipinski definition) is 1. The van der Waals surface area contributed by atoms with Gasteiger partial charge in [-0.1, -0.05) is 29.8 Å². The van der Waals surface area contributed by atoms with E-state index in [0.29, 0.717) is 0 Å². The predicted octanol–water partition coefficient (Wildman–Crippen LogP) is 3.05. The Morgan fingerprint density at radius 1 is 1.10 bits per heavy atom. The standard InChI is InChI=1S/C17H26N2O/c1-13-7-9-16(10-8-13)14(2)18-15(3)17(20)19-11-5-4-6-12-19/h7-10,14-15,18H,4-6,11-12H2,1-3H3. The third-order valence-corrected chi connectivity index (χ3v) is 4.12. The Morgan fingerprint density at radius 3 is 2.30 bits per heavy atom. The van der Waals surface area contributed by atoms with Crippen LogP contribution in [-0.2, 0) is 4.79 Å². The number of aryl methyl sites for hydroxylation is 1. The second-order valence-corrected chi connectivity index (χ2v) is 5.91. The maximum Gasteiger partial charge on any atom is 0.239 e. The molecule has 0 bridgehead atoms. The molecule has 1 saturated heterocycles. The highest BCUT2D eigenvalue weighted by atomic mass is 16.2. The zero-order chi connectivity index (χ0) is 14.5. The molecule has 1 aliphatic heterocycles. The van der Waals surface area contributed by atoms with Crippen molar-refractivity contribution in [3.8, 4) is 0 Å². The van der Waals surface area contributed by atoms with E-state index in [2.05, 4.69) is 43.4 Å². The lowest BCUT2D eigenvalue weighted by atomic mass is 10.1. The van der Waals surface area contributed by atoms with Crippen LogP contribution in [0, 0.1) is 6.92 Å². The molecule has 1 amide bonds. The molecular formula is C17H26N2O. The molecule has 20 heavy (non-hydrogen) atoms. The van der Waals surface area contributed by atoms with Crippen LogP contribution in [0.4, 0.5) is 0 Å². The van der Waals surface area contributed by atoms with Gasteiger partial charge in [0.25, 0.3) is 0 Å². The second-order valence-electron chi connectivity index (χ2n) is 5.91. The summed E-state index contributed by atoms with van der Waals surface area (Å²) >= 11 is 0. The minimum Gasteiger partial charge on any atom is -0.341 e. The Balaban J connectivity index is 1.91. The normalized spacial score (nSPS) is 18.6. The molecule has 1 fully saturated rings. The number of carbonyl (C=O) groups is 1. The molecule has 2 unspecified atom stereocenters. The molecule has 0 aromatic heterocycles. The molecule has 0 radical (unpaired) electrons. The number of nitrogens with zero attached hydrogens (tertiary/aromatic N) is 1. The van der Waals surface area contributed by atoms with Crippen LogP contribution in [0.3, 0.4) is 0 Å². The number of benzene rings is 1. The van der Waals surface area contributed by atoms with Crippen molar-refractivity contribution in [1.29, 1.82) is 0 Å². The first-order valence-corrected chi connectivity index (χ1v) is 7.69. The first kappa shape index (κ1) is 15.0. The van der Waals surface area contributed by atoms with Gasteiger partial charge in [-0.2, -0.15) is 0 Å². The zero-order valence-electron chi connectivity index (χ0n) is 12.9. The van der Waals surface area contributed by atoms with Crippen LogP contribution in [0.15, 0.2) is 24.3 Å². The second kappa shape index (κ2) is 6.89. The Kier molecular flexibility index (Phi) is 5.18. The fraction of sp³-hybridized carbons (Fsp3) is 0.588. The van der Waals surface area contributed by atoms with E-state index in [1.54, 1.807) is 0 Å². The molecular weight excluding hydrogens is 248 g/mol. The molecule has 1 aromatic carbocycles. The van der Waals surface area contributed by atoms with Gasteiger partial charge in [0.1, 0.15) is 0 Å².